The van der Waals surface area contributed by atoms with Crippen molar-refractivity contribution in [2.75, 3.05) is 18.0 Å². The second-order valence-electron chi connectivity index (χ2n) is 7.58. The predicted octanol–water partition coefficient (Wildman–Crippen LogP) is 2.45. The molecule has 3 aromatic rings. The van der Waals surface area contributed by atoms with E-state index < -0.39 is 0 Å². The molecule has 2 aromatic heterocycles. The van der Waals surface area contributed by atoms with Crippen molar-refractivity contribution in [2.45, 2.75) is 32.2 Å². The normalized spacial score (nSPS) is 22.3. The second-order valence-corrected chi connectivity index (χ2v) is 7.58. The average Bonchev–Trinajstić information content (AvgIpc) is 3.31. The van der Waals surface area contributed by atoms with E-state index in [-0.39, 0.29) is 11.9 Å². The summed E-state index contributed by atoms with van der Waals surface area (Å²) in [6, 6.07) is 11.8. The maximum atomic E-state index is 13.4. The number of piperidine rings is 1. The maximum absolute atomic E-state index is 13.4. The molecule has 27 heavy (non-hydrogen) atoms. The van der Waals surface area contributed by atoms with Gasteiger partial charge in [0, 0.05) is 25.2 Å². The zero-order chi connectivity index (χ0) is 18.4. The molecule has 0 bridgehead atoms. The highest BCUT2D eigenvalue weighted by atomic mass is 16.2. The fraction of sp³-hybridized carbons (Fsp3) is 0.400. The fourth-order valence-corrected chi connectivity index (χ4v) is 4.31. The number of aromatic nitrogens is 4. The Hall–Kier alpha value is -2.96. The third-order valence-corrected chi connectivity index (χ3v) is 5.62. The van der Waals surface area contributed by atoms with Crippen LogP contribution in [0.4, 0.5) is 11.5 Å². The molecule has 1 fully saturated rings. The highest BCUT2D eigenvalue weighted by Crippen LogP contribution is 2.38. The number of para-hydroxylation sites is 1. The highest BCUT2D eigenvalue weighted by Gasteiger charge is 2.39. The second kappa shape index (κ2) is 6.33. The topological polar surface area (TPSA) is 66.6 Å². The molecule has 0 aliphatic carbocycles. The summed E-state index contributed by atoms with van der Waals surface area (Å²) < 4.78 is 1.65. The van der Waals surface area contributed by atoms with Gasteiger partial charge in [0.05, 0.1) is 0 Å². The van der Waals surface area contributed by atoms with Gasteiger partial charge in [-0.15, -0.1) is 15.3 Å². The molecule has 2 aliphatic heterocycles. The molecule has 0 radical (unpaired) electrons. The van der Waals surface area contributed by atoms with E-state index >= 15 is 0 Å². The minimum atomic E-state index is -0.255. The van der Waals surface area contributed by atoms with Gasteiger partial charge < -0.3 is 9.80 Å². The lowest BCUT2D eigenvalue weighted by molar-refractivity contribution is -0.134. The van der Waals surface area contributed by atoms with Gasteiger partial charge in [0.2, 0.25) is 5.91 Å². The van der Waals surface area contributed by atoms with Gasteiger partial charge in [-0.1, -0.05) is 25.1 Å². The highest BCUT2D eigenvalue weighted by molar-refractivity contribution is 5.91. The van der Waals surface area contributed by atoms with Crippen LogP contribution in [0.3, 0.4) is 0 Å². The standard InChI is InChI=1S/C20H22N6O/c1-14-5-4-10-24(12-14)20(27)17-11-15-6-2-3-7-16(15)26(17)19-9-8-18-22-21-13-25(18)23-19/h2-3,6-9,13-14,17H,4-5,10-12H2,1H3/t14-,17-/m0/s1. The van der Waals surface area contributed by atoms with Crippen LogP contribution in [0.1, 0.15) is 25.3 Å². The van der Waals surface area contributed by atoms with E-state index in [9.17, 15) is 4.79 Å². The minimum absolute atomic E-state index is 0.198. The molecule has 2 atom stereocenters. The lowest BCUT2D eigenvalue weighted by atomic mass is 9.99. The molecule has 1 amide bonds. The predicted molar refractivity (Wildman–Crippen MR) is 102 cm³/mol. The van der Waals surface area contributed by atoms with Crippen molar-refractivity contribution >= 4 is 23.1 Å². The van der Waals surface area contributed by atoms with Crippen molar-refractivity contribution in [3.05, 3.63) is 48.3 Å². The zero-order valence-electron chi connectivity index (χ0n) is 15.3. The number of fused-ring (bicyclic) bond motifs is 2. The molecule has 0 unspecified atom stereocenters. The summed E-state index contributed by atoms with van der Waals surface area (Å²) >= 11 is 0. The number of nitrogens with zero attached hydrogens (tertiary/aromatic N) is 6. The molecular weight excluding hydrogens is 340 g/mol. The Labute approximate surface area is 157 Å². The van der Waals surface area contributed by atoms with Crippen LogP contribution in [-0.2, 0) is 11.2 Å². The van der Waals surface area contributed by atoms with Crippen LogP contribution >= 0.6 is 0 Å². The van der Waals surface area contributed by atoms with Crippen molar-refractivity contribution in [2.24, 2.45) is 5.92 Å². The molecule has 4 heterocycles. The molecular formula is C20H22N6O. The van der Waals surface area contributed by atoms with Gasteiger partial charge >= 0.3 is 0 Å². The Morgan fingerprint density at radius 3 is 2.96 bits per heavy atom. The SMILES string of the molecule is C[C@H]1CCCN(C(=O)[C@@H]2Cc3ccccc3N2c2ccc3nncn3n2)C1. The van der Waals surface area contributed by atoms with E-state index in [4.69, 9.17) is 0 Å². The van der Waals surface area contributed by atoms with Crippen LogP contribution in [0.25, 0.3) is 5.65 Å². The van der Waals surface area contributed by atoms with E-state index in [1.54, 1.807) is 10.8 Å². The molecule has 138 valence electrons. The largest absolute Gasteiger partial charge is 0.341 e. The summed E-state index contributed by atoms with van der Waals surface area (Å²) in [6.07, 6.45) is 4.58. The van der Waals surface area contributed by atoms with Gasteiger partial charge in [-0.25, -0.2) is 0 Å². The minimum Gasteiger partial charge on any atom is -0.341 e. The van der Waals surface area contributed by atoms with Crippen LogP contribution < -0.4 is 4.90 Å². The Kier molecular flexibility index (Phi) is 3.81. The van der Waals surface area contributed by atoms with Gasteiger partial charge in [0.1, 0.15) is 12.4 Å². The number of hydrogen-bond donors (Lipinski definition) is 0. The Morgan fingerprint density at radius 1 is 1.19 bits per heavy atom. The Morgan fingerprint density at radius 2 is 2.07 bits per heavy atom. The molecule has 7 nitrogen and oxygen atoms in total. The number of carbonyl (C=O) groups is 1. The number of rotatable bonds is 2. The molecule has 0 saturated carbocycles. The average molecular weight is 362 g/mol. The summed E-state index contributed by atoms with van der Waals surface area (Å²) in [5, 5.41) is 12.6. The monoisotopic (exact) mass is 362 g/mol. The van der Waals surface area contributed by atoms with E-state index in [0.29, 0.717) is 18.0 Å². The third kappa shape index (κ3) is 2.74. The summed E-state index contributed by atoms with van der Waals surface area (Å²) in [4.78, 5) is 17.6. The molecule has 0 spiro atoms. The number of amides is 1. The summed E-state index contributed by atoms with van der Waals surface area (Å²) in [7, 11) is 0. The van der Waals surface area contributed by atoms with Gasteiger partial charge in [-0.05, 0) is 42.5 Å². The number of hydrogen-bond acceptors (Lipinski definition) is 5. The first kappa shape index (κ1) is 16.2. The number of benzene rings is 1. The van der Waals surface area contributed by atoms with E-state index in [2.05, 4.69) is 39.3 Å². The van der Waals surface area contributed by atoms with Crippen LogP contribution in [0.2, 0.25) is 0 Å². The van der Waals surface area contributed by atoms with Crippen LogP contribution in [0.15, 0.2) is 42.7 Å². The Bertz CT molecular complexity index is 999. The first-order valence-electron chi connectivity index (χ1n) is 9.54. The Balaban J connectivity index is 1.54. The summed E-state index contributed by atoms with van der Waals surface area (Å²) in [5.74, 6) is 1.51. The summed E-state index contributed by atoms with van der Waals surface area (Å²) in [5.41, 5.74) is 2.94. The van der Waals surface area contributed by atoms with Crippen molar-refractivity contribution < 1.29 is 4.79 Å². The quantitative estimate of drug-likeness (QED) is 0.700. The van der Waals surface area contributed by atoms with Crippen molar-refractivity contribution in [1.29, 1.82) is 0 Å². The van der Waals surface area contributed by atoms with Crippen molar-refractivity contribution in [3.63, 3.8) is 0 Å². The zero-order valence-corrected chi connectivity index (χ0v) is 15.3. The van der Waals surface area contributed by atoms with Crippen LogP contribution in [0.5, 0.6) is 0 Å². The van der Waals surface area contributed by atoms with Crippen molar-refractivity contribution in [3.8, 4) is 0 Å². The smallest absolute Gasteiger partial charge is 0.246 e. The molecule has 7 heteroatoms. The molecule has 5 rings (SSSR count). The first-order valence-corrected chi connectivity index (χ1v) is 9.54. The third-order valence-electron chi connectivity index (χ3n) is 5.62. The van der Waals surface area contributed by atoms with E-state index in [1.807, 2.05) is 29.2 Å². The van der Waals surface area contributed by atoms with Crippen molar-refractivity contribution in [1.82, 2.24) is 24.7 Å². The van der Waals surface area contributed by atoms with E-state index in [0.717, 1.165) is 31.0 Å². The molecule has 2 aliphatic rings. The van der Waals surface area contributed by atoms with Crippen LogP contribution in [0, 0.1) is 5.92 Å². The lowest BCUT2D eigenvalue weighted by Gasteiger charge is -2.35. The van der Waals surface area contributed by atoms with Gasteiger partial charge in [-0.3, -0.25) is 4.79 Å². The van der Waals surface area contributed by atoms with E-state index in [1.165, 1.54) is 12.0 Å². The van der Waals surface area contributed by atoms with Gasteiger partial charge in [0.25, 0.3) is 0 Å². The first-order chi connectivity index (χ1) is 13.2. The lowest BCUT2D eigenvalue weighted by Crippen LogP contribution is -2.49. The van der Waals surface area contributed by atoms with Gasteiger partial charge in [-0.2, -0.15) is 4.52 Å². The fourth-order valence-electron chi connectivity index (χ4n) is 4.31. The number of likely N-dealkylation sites (tertiary alicyclic amines) is 1. The molecule has 0 N–H and O–H groups in total. The molecule has 1 saturated heterocycles. The molecule has 1 aromatic carbocycles. The van der Waals surface area contributed by atoms with Crippen LogP contribution in [-0.4, -0.2) is 49.7 Å². The number of carbonyl (C=O) groups excluding carboxylic acids is 1. The maximum Gasteiger partial charge on any atom is 0.246 e. The number of anilines is 2. The van der Waals surface area contributed by atoms with Gasteiger partial charge in [0.15, 0.2) is 11.5 Å². The summed E-state index contributed by atoms with van der Waals surface area (Å²) in [6.45, 7) is 3.92.